The van der Waals surface area contributed by atoms with Gasteiger partial charge in [-0.15, -0.1) is 11.6 Å². The fourth-order valence-corrected chi connectivity index (χ4v) is 2.53. The zero-order chi connectivity index (χ0) is 15.6. The molecule has 1 atom stereocenters. The molecule has 0 amide bonds. The second-order valence-electron chi connectivity index (χ2n) is 4.63. The third kappa shape index (κ3) is 3.27. The summed E-state index contributed by atoms with van der Waals surface area (Å²) < 4.78 is 37.1. The second kappa shape index (κ2) is 6.31. The van der Waals surface area contributed by atoms with Crippen LogP contribution in [0.3, 0.4) is 0 Å². The van der Waals surface area contributed by atoms with Crippen molar-refractivity contribution in [3.05, 3.63) is 58.7 Å². The van der Waals surface area contributed by atoms with Crippen molar-refractivity contribution in [1.82, 2.24) is 0 Å². The number of methoxy groups -OCH3 is 2. The lowest BCUT2D eigenvalue weighted by Crippen LogP contribution is -2.00. The molecular weight excluding hydrogens is 298 g/mol. The molecule has 0 fully saturated rings. The highest BCUT2D eigenvalue weighted by Gasteiger charge is 2.18. The third-order valence-corrected chi connectivity index (χ3v) is 3.71. The fourth-order valence-electron chi connectivity index (χ4n) is 2.17. The van der Waals surface area contributed by atoms with Gasteiger partial charge in [0.05, 0.1) is 19.6 Å². The van der Waals surface area contributed by atoms with Crippen molar-refractivity contribution in [2.45, 2.75) is 12.3 Å². The van der Waals surface area contributed by atoms with Crippen molar-refractivity contribution < 1.29 is 18.3 Å². The molecule has 1 unspecified atom stereocenters. The zero-order valence-corrected chi connectivity index (χ0v) is 12.7. The maximum Gasteiger partial charge on any atom is 0.161 e. The largest absolute Gasteiger partial charge is 0.493 e. The molecule has 0 spiro atoms. The van der Waals surface area contributed by atoms with E-state index >= 15 is 0 Å². The Morgan fingerprint density at radius 2 is 1.43 bits per heavy atom. The van der Waals surface area contributed by atoms with E-state index in [0.29, 0.717) is 22.6 Å². The molecular formula is C16H15ClF2O2. The number of aryl methyl sites for hydroxylation is 1. The van der Waals surface area contributed by atoms with Crippen LogP contribution in [0, 0.1) is 18.6 Å². The zero-order valence-electron chi connectivity index (χ0n) is 11.9. The van der Waals surface area contributed by atoms with Crippen molar-refractivity contribution >= 4 is 11.6 Å². The van der Waals surface area contributed by atoms with Crippen LogP contribution < -0.4 is 9.47 Å². The van der Waals surface area contributed by atoms with E-state index in [1.165, 1.54) is 26.4 Å². The molecule has 0 aliphatic heterocycles. The molecule has 0 saturated carbocycles. The highest BCUT2D eigenvalue weighted by molar-refractivity contribution is 6.22. The van der Waals surface area contributed by atoms with Crippen LogP contribution in [-0.4, -0.2) is 14.2 Å². The van der Waals surface area contributed by atoms with Crippen LogP contribution in [0.25, 0.3) is 0 Å². The lowest BCUT2D eigenvalue weighted by atomic mass is 9.99. The van der Waals surface area contributed by atoms with Crippen LogP contribution in [0.15, 0.2) is 30.3 Å². The first kappa shape index (κ1) is 15.6. The number of ether oxygens (including phenoxy) is 2. The average molecular weight is 313 g/mol. The van der Waals surface area contributed by atoms with Gasteiger partial charge >= 0.3 is 0 Å². The SMILES string of the molecule is COc1cc(C)c(C(Cl)c2cc(F)cc(F)c2)cc1OC. The normalized spacial score (nSPS) is 12.1. The molecule has 0 radical (unpaired) electrons. The second-order valence-corrected chi connectivity index (χ2v) is 5.07. The van der Waals surface area contributed by atoms with Crippen LogP contribution in [0.2, 0.25) is 0 Å². The Labute approximate surface area is 127 Å². The highest BCUT2D eigenvalue weighted by atomic mass is 35.5. The summed E-state index contributed by atoms with van der Waals surface area (Å²) in [4.78, 5) is 0. The molecule has 0 bridgehead atoms. The summed E-state index contributed by atoms with van der Waals surface area (Å²) >= 11 is 6.38. The van der Waals surface area contributed by atoms with Gasteiger partial charge in [0.15, 0.2) is 11.5 Å². The molecule has 0 aliphatic carbocycles. The third-order valence-electron chi connectivity index (χ3n) is 3.22. The van der Waals surface area contributed by atoms with Gasteiger partial charge in [-0.25, -0.2) is 8.78 Å². The van der Waals surface area contributed by atoms with Gasteiger partial charge in [-0.2, -0.15) is 0 Å². The highest BCUT2D eigenvalue weighted by Crippen LogP contribution is 2.38. The first-order chi connectivity index (χ1) is 9.96. The minimum atomic E-state index is -0.685. The summed E-state index contributed by atoms with van der Waals surface area (Å²) in [5.74, 6) is -0.226. The lowest BCUT2D eigenvalue weighted by molar-refractivity contribution is 0.354. The number of hydrogen-bond donors (Lipinski definition) is 0. The van der Waals surface area contributed by atoms with Crippen molar-refractivity contribution in [3.8, 4) is 11.5 Å². The predicted molar refractivity (Wildman–Crippen MR) is 78.3 cm³/mol. The Bertz CT molecular complexity index is 639. The van der Waals surface area contributed by atoms with Gasteiger partial charge in [0.1, 0.15) is 11.6 Å². The molecule has 0 saturated heterocycles. The molecule has 2 aromatic carbocycles. The molecule has 21 heavy (non-hydrogen) atoms. The van der Waals surface area contributed by atoms with Crippen molar-refractivity contribution in [2.75, 3.05) is 14.2 Å². The van der Waals surface area contributed by atoms with Crippen LogP contribution in [0.5, 0.6) is 11.5 Å². The first-order valence-electron chi connectivity index (χ1n) is 6.29. The van der Waals surface area contributed by atoms with Gasteiger partial charge in [-0.3, -0.25) is 0 Å². The Morgan fingerprint density at radius 3 is 1.95 bits per heavy atom. The summed E-state index contributed by atoms with van der Waals surface area (Å²) in [6.07, 6.45) is 0. The molecule has 2 nitrogen and oxygen atoms in total. The molecule has 0 N–H and O–H groups in total. The van der Waals surface area contributed by atoms with Gasteiger partial charge in [-0.1, -0.05) is 0 Å². The maximum absolute atomic E-state index is 13.3. The van der Waals surface area contributed by atoms with E-state index in [9.17, 15) is 8.78 Å². The molecule has 0 aliphatic rings. The van der Waals surface area contributed by atoms with E-state index in [-0.39, 0.29) is 0 Å². The standard InChI is InChI=1S/C16H15ClF2O2/c1-9-4-14(20-2)15(21-3)8-13(9)16(17)10-5-11(18)7-12(19)6-10/h4-8,16H,1-3H3. The van der Waals surface area contributed by atoms with Gasteiger partial charge in [-0.05, 0) is 47.9 Å². The van der Waals surface area contributed by atoms with Gasteiger partial charge in [0.25, 0.3) is 0 Å². The fraction of sp³-hybridized carbons (Fsp3) is 0.250. The first-order valence-corrected chi connectivity index (χ1v) is 6.72. The van der Waals surface area contributed by atoms with E-state index in [0.717, 1.165) is 11.6 Å². The monoisotopic (exact) mass is 312 g/mol. The molecule has 0 heterocycles. The summed E-state index contributed by atoms with van der Waals surface area (Å²) in [5.41, 5.74) is 1.90. The minimum Gasteiger partial charge on any atom is -0.493 e. The number of halogens is 3. The predicted octanol–water partition coefficient (Wildman–Crippen LogP) is 4.62. The van der Waals surface area contributed by atoms with Crippen LogP contribution in [-0.2, 0) is 0 Å². The van der Waals surface area contributed by atoms with Gasteiger partial charge < -0.3 is 9.47 Å². The number of benzene rings is 2. The molecule has 0 aromatic heterocycles. The number of hydrogen-bond acceptors (Lipinski definition) is 2. The van der Waals surface area contributed by atoms with E-state index < -0.39 is 17.0 Å². The topological polar surface area (TPSA) is 18.5 Å². The average Bonchev–Trinajstić information content (AvgIpc) is 2.45. The van der Waals surface area contributed by atoms with E-state index in [1.54, 1.807) is 12.1 Å². The number of alkyl halides is 1. The molecule has 2 aromatic rings. The van der Waals surface area contributed by atoms with E-state index in [4.69, 9.17) is 21.1 Å². The Hall–Kier alpha value is -1.81. The quantitative estimate of drug-likeness (QED) is 0.767. The van der Waals surface area contributed by atoms with Crippen LogP contribution in [0.1, 0.15) is 22.1 Å². The smallest absolute Gasteiger partial charge is 0.161 e. The molecule has 112 valence electrons. The summed E-state index contributed by atoms with van der Waals surface area (Å²) in [7, 11) is 3.05. The van der Waals surface area contributed by atoms with E-state index in [2.05, 4.69) is 0 Å². The molecule has 5 heteroatoms. The Morgan fingerprint density at radius 1 is 0.905 bits per heavy atom. The summed E-state index contributed by atoms with van der Waals surface area (Å²) in [5, 5.41) is -0.685. The van der Waals surface area contributed by atoms with Gasteiger partial charge in [0, 0.05) is 6.07 Å². The van der Waals surface area contributed by atoms with Crippen molar-refractivity contribution in [1.29, 1.82) is 0 Å². The van der Waals surface area contributed by atoms with Crippen molar-refractivity contribution in [3.63, 3.8) is 0 Å². The van der Waals surface area contributed by atoms with Crippen LogP contribution in [0.4, 0.5) is 8.78 Å². The number of rotatable bonds is 4. The van der Waals surface area contributed by atoms with E-state index in [1.807, 2.05) is 6.92 Å². The summed E-state index contributed by atoms with van der Waals surface area (Å²) in [6.45, 7) is 1.85. The maximum atomic E-state index is 13.3. The van der Waals surface area contributed by atoms with Crippen molar-refractivity contribution in [2.24, 2.45) is 0 Å². The Kier molecular flexibility index (Phi) is 4.68. The summed E-state index contributed by atoms with van der Waals surface area (Å²) in [6, 6.07) is 6.75. The molecule has 2 rings (SSSR count). The minimum absolute atomic E-state index is 0.351. The lowest BCUT2D eigenvalue weighted by Gasteiger charge is -2.17. The Balaban J connectivity index is 2.49. The van der Waals surface area contributed by atoms with Crippen LogP contribution >= 0.6 is 11.6 Å². The van der Waals surface area contributed by atoms with Gasteiger partial charge in [0.2, 0.25) is 0 Å².